The highest BCUT2D eigenvalue weighted by molar-refractivity contribution is 7.85. The summed E-state index contributed by atoms with van der Waals surface area (Å²) in [7, 11) is -2.42. The highest BCUT2D eigenvalue weighted by Crippen LogP contribution is 2.19. The Morgan fingerprint density at radius 1 is 0.933 bits per heavy atom. The van der Waals surface area contributed by atoms with E-state index in [0.717, 1.165) is 22.5 Å². The third kappa shape index (κ3) is 15.8. The molecule has 30 heavy (non-hydrogen) atoms. The summed E-state index contributed by atoms with van der Waals surface area (Å²) in [5.41, 5.74) is 4.83. The Bertz CT molecular complexity index is 767. The predicted octanol–water partition coefficient (Wildman–Crippen LogP) is 7.77. The van der Waals surface area contributed by atoms with Gasteiger partial charge in [-0.2, -0.15) is 8.42 Å². The van der Waals surface area contributed by atoms with Crippen LogP contribution in [-0.2, 0) is 14.9 Å². The second kappa shape index (κ2) is 20.2. The minimum absolute atomic E-state index is 0.00407. The fourth-order valence-corrected chi connectivity index (χ4v) is 2.91. The van der Waals surface area contributed by atoms with Crippen molar-refractivity contribution in [2.24, 2.45) is 0 Å². The smallest absolute Gasteiger partial charge is 0.294 e. The summed E-state index contributed by atoms with van der Waals surface area (Å²) in [6.07, 6.45) is 3.79. The predicted molar refractivity (Wildman–Crippen MR) is 134 cm³/mol. The molecule has 0 heterocycles. The highest BCUT2D eigenvalue weighted by Gasteiger charge is 2.13. The van der Waals surface area contributed by atoms with Gasteiger partial charge < -0.3 is 4.74 Å². The Labute approximate surface area is 186 Å². The third-order valence-electron chi connectivity index (χ3n) is 3.37. The lowest BCUT2D eigenvalue weighted by molar-refractivity contribution is 0.304. The zero-order valence-electron chi connectivity index (χ0n) is 21.0. The van der Waals surface area contributed by atoms with Crippen LogP contribution in [0, 0.1) is 20.8 Å². The van der Waals surface area contributed by atoms with Crippen LogP contribution in [0.15, 0.2) is 65.8 Å². The molecule has 0 atom stereocenters. The van der Waals surface area contributed by atoms with Crippen molar-refractivity contribution in [2.45, 2.75) is 74.1 Å². The topological polar surface area (TPSA) is 63.6 Å². The zero-order chi connectivity index (χ0) is 25.1. The van der Waals surface area contributed by atoms with E-state index in [2.05, 4.69) is 39.7 Å². The molecular weight excluding hydrogens is 396 g/mol. The molecule has 0 radical (unpaired) electrons. The molecule has 1 aromatic carbocycles. The van der Waals surface area contributed by atoms with Crippen molar-refractivity contribution in [3.05, 3.63) is 77.6 Å². The number of rotatable bonds is 4. The number of methoxy groups -OCH3 is 1. The summed E-state index contributed by atoms with van der Waals surface area (Å²) >= 11 is 0. The van der Waals surface area contributed by atoms with Crippen molar-refractivity contribution < 1.29 is 17.7 Å². The molecule has 1 rings (SSSR count). The van der Waals surface area contributed by atoms with Crippen LogP contribution < -0.4 is 0 Å². The van der Waals surface area contributed by atoms with Crippen molar-refractivity contribution in [3.63, 3.8) is 0 Å². The monoisotopic (exact) mass is 440 g/mol. The summed E-state index contributed by atoms with van der Waals surface area (Å²) in [4.78, 5) is -0.00407. The molecule has 0 spiro atoms. The fraction of sp³-hybridized carbons (Fsp3) is 0.440. The van der Waals surface area contributed by atoms with Crippen LogP contribution in [0.2, 0.25) is 0 Å². The van der Waals surface area contributed by atoms with Gasteiger partial charge in [-0.3, -0.25) is 4.55 Å². The number of benzene rings is 1. The van der Waals surface area contributed by atoms with Gasteiger partial charge in [0.25, 0.3) is 10.1 Å². The van der Waals surface area contributed by atoms with Gasteiger partial charge in [-0.15, -0.1) is 13.2 Å². The van der Waals surface area contributed by atoms with Crippen LogP contribution in [-0.4, -0.2) is 20.1 Å². The minimum Gasteiger partial charge on any atom is -0.497 e. The van der Waals surface area contributed by atoms with E-state index in [4.69, 9.17) is 9.29 Å². The van der Waals surface area contributed by atoms with Gasteiger partial charge in [-0.25, -0.2) is 0 Å². The Balaban J connectivity index is -0.000000182. The van der Waals surface area contributed by atoms with Crippen molar-refractivity contribution >= 4 is 10.1 Å². The van der Waals surface area contributed by atoms with E-state index in [0.29, 0.717) is 5.56 Å². The van der Waals surface area contributed by atoms with E-state index in [1.54, 1.807) is 26.2 Å². The summed E-state index contributed by atoms with van der Waals surface area (Å²) in [5, 5.41) is 0. The zero-order valence-corrected chi connectivity index (χ0v) is 21.8. The van der Waals surface area contributed by atoms with Crippen molar-refractivity contribution in [2.75, 3.05) is 7.11 Å². The molecule has 0 amide bonds. The summed E-state index contributed by atoms with van der Waals surface area (Å²) in [6.45, 7) is 29.1. The molecule has 0 aliphatic rings. The summed E-state index contributed by atoms with van der Waals surface area (Å²) in [6, 6.07) is 3.23. The molecule has 0 unspecified atom stereocenters. The molecule has 0 fully saturated rings. The molecule has 1 N–H and O–H groups in total. The Morgan fingerprint density at radius 2 is 1.33 bits per heavy atom. The van der Waals surface area contributed by atoms with E-state index >= 15 is 0 Å². The molecule has 0 aliphatic heterocycles. The first-order valence-electron chi connectivity index (χ1n) is 10.0. The number of ether oxygens (including phenoxy) is 1. The largest absolute Gasteiger partial charge is 0.497 e. The van der Waals surface area contributed by atoms with Gasteiger partial charge in [0, 0.05) is 0 Å². The molecule has 174 valence electrons. The maximum Gasteiger partial charge on any atom is 0.294 e. The van der Waals surface area contributed by atoms with Crippen molar-refractivity contribution in [3.8, 4) is 0 Å². The molecule has 0 saturated heterocycles. The lowest BCUT2D eigenvalue weighted by Gasteiger charge is -2.06. The van der Waals surface area contributed by atoms with Gasteiger partial charge in [-0.1, -0.05) is 52.0 Å². The fourth-order valence-electron chi connectivity index (χ4n) is 2.12. The average molecular weight is 441 g/mol. The van der Waals surface area contributed by atoms with E-state index < -0.39 is 10.1 Å². The molecule has 5 heteroatoms. The first-order valence-corrected chi connectivity index (χ1v) is 11.5. The number of aryl methyl sites for hydroxylation is 3. The van der Waals surface area contributed by atoms with Gasteiger partial charge in [0.1, 0.15) is 5.76 Å². The molecule has 0 bridgehead atoms. The molecule has 0 aromatic heterocycles. The minimum atomic E-state index is -4.07. The van der Waals surface area contributed by atoms with Crippen LogP contribution in [0.1, 0.15) is 65.2 Å². The number of allylic oxidation sites excluding steroid dienone is 4. The third-order valence-corrected chi connectivity index (χ3v) is 4.36. The first-order chi connectivity index (χ1) is 13.9. The normalized spacial score (nSPS) is 9.87. The standard InChI is InChI=1S/C10H16O.C9H12O3S.2C2H6.C2H4/c1-6-10(11-5)9(4)7-8(2)3;1-6-4-8(3)9(5-7(6)2)13(10,11)12;3*1-2/h6-7H,1H2,2-5H3;4-5H,1-3H3,(H,10,11,12);2*1-2H3;1-2H2/b10-9+;;;;. The van der Waals surface area contributed by atoms with Gasteiger partial charge in [0.15, 0.2) is 0 Å². The molecule has 0 saturated carbocycles. The van der Waals surface area contributed by atoms with Crippen LogP contribution >= 0.6 is 0 Å². The highest BCUT2D eigenvalue weighted by atomic mass is 32.2. The second-order valence-electron chi connectivity index (χ2n) is 5.85. The molecular formula is C25H44O4S. The lowest BCUT2D eigenvalue weighted by Crippen LogP contribution is -2.02. The van der Waals surface area contributed by atoms with Gasteiger partial charge in [-0.05, 0) is 75.9 Å². The SMILES string of the molecule is C=C.C=C/C(OC)=C(/C)C=C(C)C.CC.CC.Cc1cc(C)c(S(=O)(=O)O)cc1C. The van der Waals surface area contributed by atoms with Crippen LogP contribution in [0.3, 0.4) is 0 Å². The molecule has 4 nitrogen and oxygen atoms in total. The second-order valence-corrected chi connectivity index (χ2v) is 7.24. The van der Waals surface area contributed by atoms with E-state index in [1.165, 1.54) is 11.6 Å². The van der Waals surface area contributed by atoms with Crippen LogP contribution in [0.25, 0.3) is 0 Å². The van der Waals surface area contributed by atoms with E-state index in [1.807, 2.05) is 48.5 Å². The summed E-state index contributed by atoms with van der Waals surface area (Å²) in [5.74, 6) is 0.839. The quantitative estimate of drug-likeness (QED) is 0.225. The first kappa shape index (κ1) is 35.3. The van der Waals surface area contributed by atoms with Crippen molar-refractivity contribution in [1.29, 1.82) is 0 Å². The van der Waals surface area contributed by atoms with Gasteiger partial charge in [0.2, 0.25) is 0 Å². The van der Waals surface area contributed by atoms with E-state index in [9.17, 15) is 8.42 Å². The van der Waals surface area contributed by atoms with Gasteiger partial charge >= 0.3 is 0 Å². The average Bonchev–Trinajstić information content (AvgIpc) is 2.69. The Hall–Kier alpha value is -2.11. The van der Waals surface area contributed by atoms with Gasteiger partial charge in [0.05, 0.1) is 12.0 Å². The number of hydrogen-bond donors (Lipinski definition) is 1. The maximum atomic E-state index is 10.9. The number of hydrogen-bond acceptors (Lipinski definition) is 3. The lowest BCUT2D eigenvalue weighted by atomic mass is 10.1. The Kier molecular flexibility index (Phi) is 23.8. The Morgan fingerprint density at radius 3 is 1.63 bits per heavy atom. The van der Waals surface area contributed by atoms with Crippen LogP contribution in [0.4, 0.5) is 0 Å². The molecule has 1 aromatic rings. The van der Waals surface area contributed by atoms with E-state index in [-0.39, 0.29) is 4.90 Å². The van der Waals surface area contributed by atoms with Crippen LogP contribution in [0.5, 0.6) is 0 Å². The summed E-state index contributed by atoms with van der Waals surface area (Å²) < 4.78 is 35.7. The molecule has 0 aliphatic carbocycles. The maximum absolute atomic E-state index is 10.9. The van der Waals surface area contributed by atoms with Crippen molar-refractivity contribution in [1.82, 2.24) is 0 Å².